The van der Waals surface area contributed by atoms with Crippen molar-refractivity contribution in [1.29, 1.82) is 0 Å². The van der Waals surface area contributed by atoms with Crippen LogP contribution in [0.25, 0.3) is 44.6 Å². The van der Waals surface area contributed by atoms with E-state index in [0.29, 0.717) is 11.3 Å². The summed E-state index contributed by atoms with van der Waals surface area (Å²) in [6.07, 6.45) is 3.77. The zero-order valence-corrected chi connectivity index (χ0v) is 22.9. The lowest BCUT2D eigenvalue weighted by atomic mass is 9.88. The topological polar surface area (TPSA) is 99.5 Å². The van der Waals surface area contributed by atoms with Gasteiger partial charge in [-0.15, -0.1) is 0 Å². The Balaban J connectivity index is 1.04. The number of fused-ring (bicyclic) bond motifs is 3. The lowest BCUT2D eigenvalue weighted by Gasteiger charge is -2.32. The van der Waals surface area contributed by atoms with Gasteiger partial charge in [0, 0.05) is 17.7 Å². The highest BCUT2D eigenvalue weighted by Gasteiger charge is 2.23. The second-order valence-electron chi connectivity index (χ2n) is 11.0. The summed E-state index contributed by atoms with van der Waals surface area (Å²) in [6, 6.07) is 28.5. The molecule has 4 aromatic carbocycles. The molecule has 0 atom stereocenters. The number of urea groups is 1. The van der Waals surface area contributed by atoms with Crippen LogP contribution in [0.3, 0.4) is 0 Å². The summed E-state index contributed by atoms with van der Waals surface area (Å²) < 4.78 is 0. The van der Waals surface area contributed by atoms with Gasteiger partial charge in [-0.3, -0.25) is 4.90 Å². The second-order valence-corrected chi connectivity index (χ2v) is 11.0. The average Bonchev–Trinajstić information content (AvgIpc) is 3.65. The molecule has 2 aliphatic rings. The Labute approximate surface area is 241 Å². The first-order chi connectivity index (χ1) is 20.7. The smallest absolute Gasteiger partial charge is 0.345 e. The Kier molecular flexibility index (Phi) is 5.93. The number of likely N-dealkylation sites (tertiary alicyclic amines) is 1. The van der Waals surface area contributed by atoms with Crippen molar-refractivity contribution in [2.75, 3.05) is 13.1 Å². The fourth-order valence-electron chi connectivity index (χ4n) is 6.23. The maximum Gasteiger partial charge on any atom is 0.368 e. The summed E-state index contributed by atoms with van der Waals surface area (Å²) in [4.78, 5) is 40.2. The molecule has 2 amide bonds. The van der Waals surface area contributed by atoms with Crippen molar-refractivity contribution in [3.8, 4) is 22.5 Å². The predicted molar refractivity (Wildman–Crippen MR) is 161 cm³/mol. The van der Waals surface area contributed by atoms with E-state index in [2.05, 4.69) is 67.3 Å². The van der Waals surface area contributed by atoms with Crippen molar-refractivity contribution in [3.05, 3.63) is 113 Å². The number of nitrogens with zero attached hydrogens (tertiary/aromatic N) is 6. The minimum Gasteiger partial charge on any atom is -0.345 e. The third-order valence-electron chi connectivity index (χ3n) is 8.38. The summed E-state index contributed by atoms with van der Waals surface area (Å²) in [5, 5.41) is 1.48. The molecule has 8 rings (SSSR count). The molecule has 1 N–H and O–H groups in total. The molecular formula is C34H27N7O. The van der Waals surface area contributed by atoms with Gasteiger partial charge in [-0.1, -0.05) is 66.7 Å². The Morgan fingerprint density at radius 1 is 0.762 bits per heavy atom. The molecule has 1 fully saturated rings. The molecule has 8 nitrogen and oxygen atoms in total. The van der Waals surface area contributed by atoms with E-state index in [1.807, 2.05) is 42.5 Å². The molecule has 2 aromatic heterocycles. The Morgan fingerprint density at radius 3 is 2.29 bits per heavy atom. The molecule has 2 aliphatic heterocycles. The van der Waals surface area contributed by atoms with Crippen molar-refractivity contribution in [3.63, 3.8) is 0 Å². The van der Waals surface area contributed by atoms with Gasteiger partial charge >= 0.3 is 6.03 Å². The monoisotopic (exact) mass is 549 g/mol. The molecule has 0 aliphatic carbocycles. The molecule has 204 valence electrons. The van der Waals surface area contributed by atoms with Crippen molar-refractivity contribution in [2.45, 2.75) is 25.3 Å². The van der Waals surface area contributed by atoms with Crippen LogP contribution in [0.1, 0.15) is 29.9 Å². The number of benzene rings is 4. The number of hydrogen-bond donors (Lipinski definition) is 1. The van der Waals surface area contributed by atoms with E-state index in [1.165, 1.54) is 5.56 Å². The van der Waals surface area contributed by atoms with Gasteiger partial charge in [0.25, 0.3) is 0 Å². The van der Waals surface area contributed by atoms with Gasteiger partial charge in [0.1, 0.15) is 0 Å². The number of aromatic amines is 1. The van der Waals surface area contributed by atoms with Crippen molar-refractivity contribution in [2.24, 2.45) is 9.98 Å². The number of amides is 2. The predicted octanol–water partition coefficient (Wildman–Crippen LogP) is 5.59. The number of para-hydroxylation sites is 1. The number of rotatable bonds is 5. The van der Waals surface area contributed by atoms with E-state index < -0.39 is 0 Å². The normalized spacial score (nSPS) is 15.6. The first kappa shape index (κ1) is 24.7. The summed E-state index contributed by atoms with van der Waals surface area (Å²) in [7, 11) is 0. The van der Waals surface area contributed by atoms with Crippen LogP contribution in [-0.2, 0) is 6.54 Å². The van der Waals surface area contributed by atoms with Gasteiger partial charge in [-0.2, -0.15) is 9.98 Å². The van der Waals surface area contributed by atoms with E-state index >= 15 is 0 Å². The van der Waals surface area contributed by atoms with Gasteiger partial charge in [-0.25, -0.2) is 19.7 Å². The summed E-state index contributed by atoms with van der Waals surface area (Å²) in [5.74, 6) is 0.398. The molecule has 0 saturated carbocycles. The van der Waals surface area contributed by atoms with Crippen LogP contribution in [0, 0.1) is 0 Å². The summed E-state index contributed by atoms with van der Waals surface area (Å²) in [5.41, 5.74) is 9.72. The van der Waals surface area contributed by atoms with Gasteiger partial charge in [0.15, 0.2) is 0 Å². The van der Waals surface area contributed by atoms with E-state index in [0.717, 1.165) is 88.0 Å². The first-order valence-electron chi connectivity index (χ1n) is 14.3. The highest BCUT2D eigenvalue weighted by atomic mass is 16.2. The van der Waals surface area contributed by atoms with E-state index in [-0.39, 0.29) is 6.03 Å². The second kappa shape index (κ2) is 10.1. The van der Waals surface area contributed by atoms with Gasteiger partial charge in [0.2, 0.25) is 0 Å². The molecule has 0 spiro atoms. The minimum absolute atomic E-state index is 0.390. The summed E-state index contributed by atoms with van der Waals surface area (Å²) in [6.45, 7) is 2.89. The van der Waals surface area contributed by atoms with Crippen LogP contribution in [0.5, 0.6) is 0 Å². The van der Waals surface area contributed by atoms with Crippen molar-refractivity contribution < 1.29 is 4.79 Å². The molecule has 4 heterocycles. The van der Waals surface area contributed by atoms with Gasteiger partial charge in [0.05, 0.1) is 50.5 Å². The molecule has 0 radical (unpaired) electrons. The molecule has 8 heteroatoms. The van der Waals surface area contributed by atoms with Gasteiger partial charge in [-0.05, 0) is 61.2 Å². The standard InChI is InChI=1S/C34H27N7O/c42-34-39-26-8-4-7-25(33(26)40-34)22-13-15-41(16-14-22)19-21-9-11-24(12-10-21)32-31(23-5-2-1-3-6-23)37-29-17-27-28(36-20-35-27)18-30(29)38-32/h1-12,17-18,20,22H,13-16,19H2,(H,35,36). The fourth-order valence-corrected chi connectivity index (χ4v) is 6.23. The van der Waals surface area contributed by atoms with Crippen LogP contribution in [0.2, 0.25) is 0 Å². The third-order valence-corrected chi connectivity index (χ3v) is 8.38. The molecule has 42 heavy (non-hydrogen) atoms. The zero-order chi connectivity index (χ0) is 28.0. The largest absolute Gasteiger partial charge is 0.368 e. The summed E-state index contributed by atoms with van der Waals surface area (Å²) >= 11 is 0. The molecule has 0 unspecified atom stereocenters. The van der Waals surface area contributed by atoms with Gasteiger partial charge < -0.3 is 4.98 Å². The number of carbonyl (C=O) groups is 1. The number of hydrogen-bond acceptors (Lipinski definition) is 5. The number of aromatic nitrogens is 4. The maximum absolute atomic E-state index is 11.7. The molecule has 1 saturated heterocycles. The van der Waals surface area contributed by atoms with Crippen molar-refractivity contribution >= 4 is 28.1 Å². The number of carbonyl (C=O) groups excluding carboxylic acids is 1. The zero-order valence-electron chi connectivity index (χ0n) is 22.9. The number of nitrogens with one attached hydrogen (secondary N) is 1. The van der Waals surface area contributed by atoms with Crippen LogP contribution in [-0.4, -0.2) is 44.0 Å². The minimum atomic E-state index is -0.390. The van der Waals surface area contributed by atoms with E-state index in [1.54, 1.807) is 6.33 Å². The quantitative estimate of drug-likeness (QED) is 0.302. The lowest BCUT2D eigenvalue weighted by molar-refractivity contribution is 0.204. The lowest BCUT2D eigenvalue weighted by Crippen LogP contribution is -2.35. The maximum atomic E-state index is 11.7. The van der Waals surface area contributed by atoms with Crippen LogP contribution in [0.15, 0.2) is 101 Å². The fraction of sp³-hybridized carbons (Fsp3) is 0.176. The molecule has 6 aromatic rings. The van der Waals surface area contributed by atoms with Crippen LogP contribution >= 0.6 is 0 Å². The highest BCUT2D eigenvalue weighted by Crippen LogP contribution is 2.33. The van der Waals surface area contributed by atoms with Crippen molar-refractivity contribution in [1.82, 2.24) is 24.8 Å². The first-order valence-corrected chi connectivity index (χ1v) is 14.3. The number of piperidine rings is 1. The number of H-pyrrole nitrogens is 1. The highest BCUT2D eigenvalue weighted by molar-refractivity contribution is 5.94. The molecular weight excluding hydrogens is 522 g/mol. The molecule has 0 bridgehead atoms. The Morgan fingerprint density at radius 2 is 1.50 bits per heavy atom. The number of imidazole rings is 1. The van der Waals surface area contributed by atoms with Crippen LogP contribution in [0.4, 0.5) is 4.79 Å². The Hall–Kier alpha value is -5.08. The average molecular weight is 550 g/mol. The SMILES string of the molecule is O=C1N=c2cccc(C3CCN(Cc4ccc(-c5nc6cc7[nH]cnc7cc6nc5-c5ccccc5)cc4)CC3)c2=N1. The Bertz CT molecular complexity index is 2090. The van der Waals surface area contributed by atoms with E-state index in [4.69, 9.17) is 9.97 Å². The third kappa shape index (κ3) is 4.46. The van der Waals surface area contributed by atoms with Crippen LogP contribution < -0.4 is 10.7 Å². The van der Waals surface area contributed by atoms with E-state index in [9.17, 15) is 4.79 Å².